The van der Waals surface area contributed by atoms with Gasteiger partial charge in [0.2, 0.25) is 0 Å². The van der Waals surface area contributed by atoms with Crippen LogP contribution in [0.1, 0.15) is 18.4 Å². The fraction of sp³-hybridized carbons (Fsp3) is 0.375. The number of aliphatic carboxylic acids is 1. The summed E-state index contributed by atoms with van der Waals surface area (Å²) in [7, 11) is 0. The van der Waals surface area contributed by atoms with E-state index >= 15 is 0 Å². The molecule has 2 N–H and O–H groups in total. The first-order valence-electron chi connectivity index (χ1n) is 11.3. The van der Waals surface area contributed by atoms with Crippen LogP contribution in [0.25, 0.3) is 11.0 Å². The highest BCUT2D eigenvalue weighted by Gasteiger charge is 2.38. The molecule has 0 unspecified atom stereocenters. The number of para-hydroxylation sites is 2. The number of nitrogens with one attached hydrogen (secondary N) is 1. The number of carboxylic acid groups (broad SMARTS) is 1. The third-order valence-electron chi connectivity index (χ3n) is 5.79. The van der Waals surface area contributed by atoms with E-state index < -0.39 is 12.1 Å². The lowest BCUT2D eigenvalue weighted by Gasteiger charge is -2.36. The van der Waals surface area contributed by atoms with E-state index in [1.807, 2.05) is 30.3 Å². The summed E-state index contributed by atoms with van der Waals surface area (Å²) in [5, 5.41) is 11.5. The molecule has 1 aliphatic carbocycles. The molecule has 2 fully saturated rings. The Balaban J connectivity index is 0.000000384. The number of carboxylic acids is 1. The second-order valence-electron chi connectivity index (χ2n) is 8.60. The number of benzene rings is 2. The molecule has 5 rings (SSSR count). The first-order valence-corrected chi connectivity index (χ1v) is 12.5. The summed E-state index contributed by atoms with van der Waals surface area (Å²) in [5.41, 5.74) is 3.07. The van der Waals surface area contributed by atoms with Crippen molar-refractivity contribution < 1.29 is 23.1 Å². The maximum atomic E-state index is 10.6. The van der Waals surface area contributed by atoms with Crippen molar-refractivity contribution in [2.75, 3.05) is 36.4 Å². The number of nitrogens with zero attached hydrogens (tertiary/aromatic N) is 4. The van der Waals surface area contributed by atoms with Crippen molar-refractivity contribution in [3.05, 3.63) is 57.5 Å². The van der Waals surface area contributed by atoms with E-state index in [2.05, 4.69) is 43.2 Å². The van der Waals surface area contributed by atoms with E-state index in [0.717, 1.165) is 64.9 Å². The normalized spacial score (nSPS) is 16.4. The zero-order chi connectivity index (χ0) is 25.9. The maximum absolute atomic E-state index is 10.6. The molecule has 0 bridgehead atoms. The highest BCUT2D eigenvalue weighted by atomic mass is 79.9. The van der Waals surface area contributed by atoms with Crippen molar-refractivity contribution in [1.29, 1.82) is 0 Å². The summed E-state index contributed by atoms with van der Waals surface area (Å²) in [6.07, 6.45) is -2.65. The number of aromatic nitrogens is 2. The van der Waals surface area contributed by atoms with E-state index in [9.17, 15) is 13.2 Å². The van der Waals surface area contributed by atoms with Gasteiger partial charge in [-0.2, -0.15) is 13.2 Å². The van der Waals surface area contributed by atoms with Crippen LogP contribution in [0.2, 0.25) is 5.02 Å². The third kappa shape index (κ3) is 6.98. The van der Waals surface area contributed by atoms with E-state index in [-0.39, 0.29) is 0 Å². The number of carbonyl (C=O) groups is 1. The highest BCUT2D eigenvalue weighted by Crippen LogP contribution is 2.31. The number of rotatable bonds is 5. The molecular weight excluding hydrogens is 563 g/mol. The fourth-order valence-electron chi connectivity index (χ4n) is 3.74. The lowest BCUT2D eigenvalue weighted by atomic mass is 10.2. The van der Waals surface area contributed by atoms with Crippen LogP contribution < -0.4 is 10.2 Å². The average Bonchev–Trinajstić information content (AvgIpc) is 3.65. The van der Waals surface area contributed by atoms with Gasteiger partial charge in [0.05, 0.1) is 11.0 Å². The Morgan fingerprint density at radius 2 is 1.69 bits per heavy atom. The topological polar surface area (TPSA) is 81.6 Å². The molecule has 0 atom stereocenters. The van der Waals surface area contributed by atoms with Crippen LogP contribution in [-0.2, 0) is 11.3 Å². The Labute approximate surface area is 219 Å². The van der Waals surface area contributed by atoms with E-state index in [1.165, 1.54) is 18.4 Å². The quantitative estimate of drug-likeness (QED) is 0.404. The number of halogens is 5. The van der Waals surface area contributed by atoms with Gasteiger partial charge in [-0.1, -0.05) is 45.7 Å². The summed E-state index contributed by atoms with van der Waals surface area (Å²) in [5.74, 6) is -0.847. The molecule has 12 heteroatoms. The standard InChI is InChI=1S/C22H23BrClN5.C2HF3O2/c23-16-6-5-15(18(24)13-16)14-28-9-11-29(12-10-28)22-21(25-17-7-8-17)26-19-3-1-2-4-20(19)27-22;3-2(4,5)1(6)7/h1-6,13,17H,7-12,14H2,(H,25,26);(H,6,7). The van der Waals surface area contributed by atoms with Crippen LogP contribution >= 0.6 is 27.5 Å². The second-order valence-corrected chi connectivity index (χ2v) is 9.93. The van der Waals surface area contributed by atoms with E-state index in [4.69, 9.17) is 31.5 Å². The first-order chi connectivity index (χ1) is 17.1. The lowest BCUT2D eigenvalue weighted by Crippen LogP contribution is -2.46. The summed E-state index contributed by atoms with van der Waals surface area (Å²) < 4.78 is 32.8. The third-order valence-corrected chi connectivity index (χ3v) is 6.64. The van der Waals surface area contributed by atoms with Crippen molar-refractivity contribution in [3.8, 4) is 0 Å². The Kier molecular flexibility index (Phi) is 8.21. The van der Waals surface area contributed by atoms with Gasteiger partial charge in [0.1, 0.15) is 0 Å². The molecule has 36 heavy (non-hydrogen) atoms. The molecule has 1 saturated heterocycles. The summed E-state index contributed by atoms with van der Waals surface area (Å²) in [4.78, 5) is 23.6. The molecule has 1 saturated carbocycles. The number of alkyl halides is 3. The van der Waals surface area contributed by atoms with Crippen LogP contribution in [0.4, 0.5) is 24.8 Å². The minimum absolute atomic E-state index is 0.546. The van der Waals surface area contributed by atoms with Gasteiger partial charge in [0.25, 0.3) is 0 Å². The van der Waals surface area contributed by atoms with Crippen molar-refractivity contribution in [2.24, 2.45) is 0 Å². The Bertz CT molecular complexity index is 1230. The predicted octanol–water partition coefficient (Wildman–Crippen LogP) is 5.58. The monoisotopic (exact) mass is 585 g/mol. The molecular formula is C24H24BrClF3N5O2. The van der Waals surface area contributed by atoms with Gasteiger partial charge in [-0.25, -0.2) is 14.8 Å². The largest absolute Gasteiger partial charge is 0.490 e. The van der Waals surface area contributed by atoms with Gasteiger partial charge >= 0.3 is 12.1 Å². The number of hydrogen-bond acceptors (Lipinski definition) is 6. The number of anilines is 2. The number of piperazine rings is 1. The van der Waals surface area contributed by atoms with Crippen LogP contribution in [0.3, 0.4) is 0 Å². The summed E-state index contributed by atoms with van der Waals surface area (Å²) in [6.45, 7) is 4.69. The predicted molar refractivity (Wildman–Crippen MR) is 137 cm³/mol. The van der Waals surface area contributed by atoms with Crippen LogP contribution in [0, 0.1) is 0 Å². The Hall–Kier alpha value is -2.63. The minimum Gasteiger partial charge on any atom is -0.475 e. The van der Waals surface area contributed by atoms with E-state index in [0.29, 0.717) is 6.04 Å². The van der Waals surface area contributed by atoms with Crippen molar-refractivity contribution >= 4 is 56.2 Å². The molecule has 0 amide bonds. The van der Waals surface area contributed by atoms with Gasteiger partial charge in [0.15, 0.2) is 11.6 Å². The number of hydrogen-bond donors (Lipinski definition) is 2. The first kappa shape index (κ1) is 26.4. The molecule has 1 aromatic heterocycles. The lowest BCUT2D eigenvalue weighted by molar-refractivity contribution is -0.192. The molecule has 7 nitrogen and oxygen atoms in total. The van der Waals surface area contributed by atoms with Crippen molar-refractivity contribution in [2.45, 2.75) is 31.6 Å². The van der Waals surface area contributed by atoms with Crippen molar-refractivity contribution in [3.63, 3.8) is 0 Å². The van der Waals surface area contributed by atoms with Crippen LogP contribution in [0.5, 0.6) is 0 Å². The van der Waals surface area contributed by atoms with Crippen molar-refractivity contribution in [1.82, 2.24) is 14.9 Å². The van der Waals surface area contributed by atoms with Gasteiger partial charge < -0.3 is 15.3 Å². The van der Waals surface area contributed by atoms with Gasteiger partial charge in [-0.15, -0.1) is 0 Å². The average molecular weight is 587 g/mol. The zero-order valence-corrected chi connectivity index (χ0v) is 21.4. The molecule has 192 valence electrons. The SMILES string of the molecule is Clc1cc(Br)ccc1CN1CCN(c2nc3ccccc3nc2NC2CC2)CC1.O=C(O)C(F)(F)F. The highest BCUT2D eigenvalue weighted by molar-refractivity contribution is 9.10. The second kappa shape index (κ2) is 11.2. The molecule has 1 aliphatic heterocycles. The van der Waals surface area contributed by atoms with Gasteiger partial charge in [-0.05, 0) is 42.7 Å². The molecule has 0 spiro atoms. The Morgan fingerprint density at radius 1 is 1.08 bits per heavy atom. The summed E-state index contributed by atoms with van der Waals surface area (Å²) in [6, 6.07) is 14.8. The maximum Gasteiger partial charge on any atom is 0.490 e. The van der Waals surface area contributed by atoms with Crippen LogP contribution in [0.15, 0.2) is 46.9 Å². The molecule has 3 aromatic rings. The smallest absolute Gasteiger partial charge is 0.475 e. The van der Waals surface area contributed by atoms with Crippen LogP contribution in [-0.4, -0.2) is 64.3 Å². The zero-order valence-electron chi connectivity index (χ0n) is 19.1. The number of fused-ring (bicyclic) bond motifs is 1. The van der Waals surface area contributed by atoms with Gasteiger partial charge in [0, 0.05) is 48.3 Å². The van der Waals surface area contributed by atoms with Gasteiger partial charge in [-0.3, -0.25) is 4.90 Å². The fourth-order valence-corrected chi connectivity index (χ4v) is 4.47. The van der Waals surface area contributed by atoms with E-state index in [1.54, 1.807) is 0 Å². The summed E-state index contributed by atoms with van der Waals surface area (Å²) >= 11 is 9.89. The molecule has 2 aromatic carbocycles. The minimum atomic E-state index is -5.08. The Morgan fingerprint density at radius 3 is 2.25 bits per heavy atom. The molecule has 0 radical (unpaired) electrons. The molecule has 2 heterocycles. The molecule has 2 aliphatic rings.